The van der Waals surface area contributed by atoms with Gasteiger partial charge in [-0.3, -0.25) is 32.5 Å². The molecule has 0 radical (unpaired) electrons. The van der Waals surface area contributed by atoms with E-state index in [4.69, 9.17) is 32.3 Å². The van der Waals surface area contributed by atoms with Crippen LogP contribution in [-0.2, 0) is 55.8 Å². The van der Waals surface area contributed by atoms with Crippen molar-refractivity contribution in [1.82, 2.24) is 0 Å². The fourth-order valence-corrected chi connectivity index (χ4v) is 15.9. The van der Waals surface area contributed by atoms with Gasteiger partial charge in [0.05, 0.1) is 26.4 Å². The summed E-state index contributed by atoms with van der Waals surface area (Å²) < 4.78 is 61.7. The highest BCUT2D eigenvalue weighted by atomic mass is 31.2. The molecule has 5 unspecified atom stereocenters. The van der Waals surface area contributed by atoms with Crippen molar-refractivity contribution in [2.75, 3.05) is 39.6 Å². The largest absolute Gasteiger partial charge is 0.472 e. The molecule has 129 heavy (non-hydrogen) atoms. The molecule has 0 fully saturated rings. The van der Waals surface area contributed by atoms with Crippen molar-refractivity contribution < 1.29 is 75.8 Å². The molecule has 0 saturated carbocycles. The number of esters is 3. The lowest BCUT2D eigenvalue weighted by Crippen LogP contribution is -2.30. The van der Waals surface area contributed by atoms with E-state index in [2.05, 4.69) is 203 Å². The average Bonchev–Trinajstić information content (AvgIpc) is 0.899. The number of aliphatic hydroxyl groups excluding tert-OH is 2. The molecular weight excluding hydrogens is 1650 g/mol. The van der Waals surface area contributed by atoms with Gasteiger partial charge in [0, 0.05) is 19.3 Å². The average molecular weight is 1840 g/mol. The van der Waals surface area contributed by atoms with Crippen LogP contribution in [0.4, 0.5) is 0 Å². The van der Waals surface area contributed by atoms with Crippen LogP contribution < -0.4 is 0 Å². The number of carbonyl (C=O) groups excluding carboxylic acids is 3. The van der Waals surface area contributed by atoms with Gasteiger partial charge in [0.2, 0.25) is 0 Å². The number of ether oxygens (including phenoxy) is 3. The van der Waals surface area contributed by atoms with E-state index in [1.54, 1.807) is 0 Å². The van der Waals surface area contributed by atoms with Crippen LogP contribution in [0.25, 0.3) is 0 Å². The van der Waals surface area contributed by atoms with Crippen LogP contribution in [0.5, 0.6) is 0 Å². The fourth-order valence-electron chi connectivity index (χ4n) is 14.3. The first-order valence-corrected chi connectivity index (χ1v) is 55.1. The number of aliphatic hydroxyl groups is 2. The summed E-state index contributed by atoms with van der Waals surface area (Å²) in [6, 6.07) is 0. The number of allylic oxidation sites excluding steroid dienone is 30. The fraction of sp³-hybridized carbons (Fsp3) is 0.703. The Bertz CT molecular complexity index is 3080. The SMILES string of the molecule is CC/C=C\C/C=C\C/C=C\C/C=C\C/C=C\C/C=C\CCCCCCCCCCCCC(=O)OC(COC(=O)CCCCCCCCCCCCCCCCC/C=C\C/C=C\C/C=C\C/C=C\C/C=C\CC)COP(=O)(O)OCC(O)COP(=O)(O)OCC(O)COC(=O)CCCCCCCCCCCCCCCCCCC/C=C\C/C=C\C/C=C\C/C=C\CCCCC. The number of unbranched alkanes of at least 4 members (excludes halogenated alkanes) is 45. The maximum atomic E-state index is 13.1. The maximum absolute atomic E-state index is 13.1. The third-order valence-electron chi connectivity index (χ3n) is 22.1. The summed E-state index contributed by atoms with van der Waals surface area (Å²) in [7, 11) is -9.82. The first kappa shape index (κ1) is 124. The van der Waals surface area contributed by atoms with Gasteiger partial charge >= 0.3 is 33.6 Å². The number of phosphoric acid groups is 2. The summed E-state index contributed by atoms with van der Waals surface area (Å²) in [4.78, 5) is 59.3. The Morgan fingerprint density at radius 3 is 0.651 bits per heavy atom. The van der Waals surface area contributed by atoms with Gasteiger partial charge in [-0.15, -0.1) is 0 Å². The molecule has 0 amide bonds. The van der Waals surface area contributed by atoms with Crippen molar-refractivity contribution in [2.24, 2.45) is 0 Å². The van der Waals surface area contributed by atoms with Crippen LogP contribution in [0.15, 0.2) is 182 Å². The lowest BCUT2D eigenvalue weighted by molar-refractivity contribution is -0.161. The highest BCUT2D eigenvalue weighted by molar-refractivity contribution is 7.47. The highest BCUT2D eigenvalue weighted by Crippen LogP contribution is 2.45. The second-order valence-corrected chi connectivity index (χ2v) is 37.5. The van der Waals surface area contributed by atoms with E-state index in [0.717, 1.165) is 161 Å². The van der Waals surface area contributed by atoms with E-state index in [1.165, 1.54) is 225 Å². The van der Waals surface area contributed by atoms with Crippen molar-refractivity contribution in [3.8, 4) is 0 Å². The predicted molar refractivity (Wildman–Crippen MR) is 546 cm³/mol. The Balaban J connectivity index is 4.62. The predicted octanol–water partition coefficient (Wildman–Crippen LogP) is 33.1. The van der Waals surface area contributed by atoms with Crippen molar-refractivity contribution in [2.45, 2.75) is 463 Å². The Morgan fingerprint density at radius 2 is 0.411 bits per heavy atom. The summed E-state index contributed by atoms with van der Waals surface area (Å²) in [6.07, 6.45) is 135. The van der Waals surface area contributed by atoms with E-state index in [1.807, 2.05) is 0 Å². The molecule has 0 aromatic rings. The smallest absolute Gasteiger partial charge is 0.463 e. The van der Waals surface area contributed by atoms with Gasteiger partial charge in [0.1, 0.15) is 25.4 Å². The molecule has 0 aliphatic heterocycles. The van der Waals surface area contributed by atoms with Crippen LogP contribution in [-0.4, -0.2) is 95.9 Å². The Labute approximate surface area is 789 Å². The van der Waals surface area contributed by atoms with Gasteiger partial charge in [-0.1, -0.05) is 447 Å². The second kappa shape index (κ2) is 102. The number of phosphoric ester groups is 2. The molecule has 0 aromatic carbocycles. The van der Waals surface area contributed by atoms with Gasteiger partial charge in [0.25, 0.3) is 0 Å². The van der Waals surface area contributed by atoms with Crippen LogP contribution in [0.1, 0.15) is 445 Å². The molecule has 740 valence electrons. The minimum absolute atomic E-state index is 0.0948. The van der Waals surface area contributed by atoms with E-state index in [-0.39, 0.29) is 19.3 Å². The highest BCUT2D eigenvalue weighted by Gasteiger charge is 2.30. The molecule has 0 aliphatic rings. The molecule has 16 nitrogen and oxygen atoms in total. The quantitative estimate of drug-likeness (QED) is 0.0146. The van der Waals surface area contributed by atoms with Gasteiger partial charge in [-0.05, 0) is 161 Å². The van der Waals surface area contributed by atoms with E-state index in [9.17, 15) is 43.5 Å². The summed E-state index contributed by atoms with van der Waals surface area (Å²) in [6.45, 7) is 2.50. The standard InChI is InChI=1S/C111H190O16P2/c1-4-7-10-13-16-19-22-25-28-31-34-37-40-43-46-49-51-52-54-57-58-61-64-67-70-73-76-79-82-85-88-91-94-97-109(114)121-100-106(112)101-123-128(117,118)124-102-107(113)103-125-129(119,120)126-105-108(127-111(116)99-96-93-90-87-84-81-78-75-72-69-66-63-60-55-48-45-42-39-36-33-30-27-24-21-18-15-12-9-6-3)104-122-110(115)98-95-92-89-86-83-80-77-74-71-68-65-62-59-56-53-50-47-44-41-38-35-32-29-26-23-20-17-14-11-8-5-2/h8-9,11-12,16-21,25-30,34-39,43-48,60,63,106-108,112-113H,4-7,10,13-15,22-24,31-33,40-42,49-59,61-62,64-105H2,1-3H3,(H,117,118)(H,119,120)/b11-8-,12-9-,19-16-,20-17-,21-18-,28-25-,29-26-,30-27-,37-34-,38-35-,39-36-,46-43-,47-44-,48-45-,63-60-. The van der Waals surface area contributed by atoms with Crippen molar-refractivity contribution in [3.05, 3.63) is 182 Å². The third kappa shape index (κ3) is 103. The monoisotopic (exact) mass is 1840 g/mol. The Kier molecular flexibility index (Phi) is 97.4. The number of rotatable bonds is 98. The van der Waals surface area contributed by atoms with Crippen LogP contribution in [0.2, 0.25) is 0 Å². The van der Waals surface area contributed by atoms with Gasteiger partial charge in [-0.25, -0.2) is 9.13 Å². The molecule has 5 atom stereocenters. The maximum Gasteiger partial charge on any atom is 0.472 e. The molecular formula is C111H190O16P2. The van der Waals surface area contributed by atoms with Crippen LogP contribution in [0.3, 0.4) is 0 Å². The Hall–Kier alpha value is -5.35. The van der Waals surface area contributed by atoms with E-state index in [0.29, 0.717) is 19.3 Å². The van der Waals surface area contributed by atoms with Gasteiger partial charge in [-0.2, -0.15) is 0 Å². The van der Waals surface area contributed by atoms with Crippen molar-refractivity contribution >= 4 is 33.6 Å². The lowest BCUT2D eigenvalue weighted by atomic mass is 10.0. The molecule has 0 rings (SSSR count). The van der Waals surface area contributed by atoms with E-state index < -0.39 is 91.5 Å². The molecule has 0 spiro atoms. The summed E-state index contributed by atoms with van der Waals surface area (Å²) in [5, 5.41) is 20.8. The van der Waals surface area contributed by atoms with Crippen molar-refractivity contribution in [3.63, 3.8) is 0 Å². The number of hydrogen-bond donors (Lipinski definition) is 4. The molecule has 0 aromatic heterocycles. The number of hydrogen-bond acceptors (Lipinski definition) is 14. The summed E-state index contributed by atoms with van der Waals surface area (Å²) in [5.74, 6) is -1.57. The zero-order valence-electron chi connectivity index (χ0n) is 82.0. The van der Waals surface area contributed by atoms with Gasteiger partial charge < -0.3 is 34.2 Å². The molecule has 0 saturated heterocycles. The normalized spacial score (nSPS) is 14.4. The molecule has 0 heterocycles. The molecule has 0 aliphatic carbocycles. The van der Waals surface area contributed by atoms with Crippen LogP contribution in [0, 0.1) is 0 Å². The van der Waals surface area contributed by atoms with E-state index >= 15 is 0 Å². The topological polar surface area (TPSA) is 231 Å². The van der Waals surface area contributed by atoms with Gasteiger partial charge in [0.15, 0.2) is 6.10 Å². The molecule has 18 heteroatoms. The molecule has 0 bridgehead atoms. The lowest BCUT2D eigenvalue weighted by Gasteiger charge is -2.21. The number of carbonyl (C=O) groups is 3. The molecule has 4 N–H and O–H groups in total. The van der Waals surface area contributed by atoms with Crippen LogP contribution >= 0.6 is 15.6 Å². The summed E-state index contributed by atoms with van der Waals surface area (Å²) in [5.41, 5.74) is 0. The minimum atomic E-state index is -4.95. The zero-order chi connectivity index (χ0) is 93.5. The Morgan fingerprint density at radius 1 is 0.225 bits per heavy atom. The second-order valence-electron chi connectivity index (χ2n) is 34.6. The third-order valence-corrected chi connectivity index (χ3v) is 24.0. The van der Waals surface area contributed by atoms with Crippen molar-refractivity contribution in [1.29, 1.82) is 0 Å². The first-order valence-electron chi connectivity index (χ1n) is 52.1. The first-order chi connectivity index (χ1) is 63.2. The summed E-state index contributed by atoms with van der Waals surface area (Å²) >= 11 is 0. The minimum Gasteiger partial charge on any atom is -0.463 e. The zero-order valence-corrected chi connectivity index (χ0v) is 83.8.